The Morgan fingerprint density at radius 2 is 1.93 bits per heavy atom. The monoisotopic (exact) mass is 369 g/mol. The van der Waals surface area contributed by atoms with E-state index in [1.54, 1.807) is 6.07 Å². The van der Waals surface area contributed by atoms with E-state index in [0.29, 0.717) is 18.2 Å². The molecule has 0 radical (unpaired) electrons. The lowest BCUT2D eigenvalue weighted by molar-refractivity contribution is 0.0383. The van der Waals surface area contributed by atoms with Gasteiger partial charge in [0.15, 0.2) is 0 Å². The minimum absolute atomic E-state index is 0.183. The Hall–Kier alpha value is -2.51. The van der Waals surface area contributed by atoms with Crippen LogP contribution in [-0.2, 0) is 4.74 Å². The first-order chi connectivity index (χ1) is 13.0. The molecule has 1 amide bonds. The van der Waals surface area contributed by atoms with E-state index in [-0.39, 0.29) is 5.91 Å². The van der Waals surface area contributed by atoms with Crippen molar-refractivity contribution in [1.29, 1.82) is 0 Å². The molecule has 1 saturated heterocycles. The smallest absolute Gasteiger partial charge is 0.270 e. The highest BCUT2D eigenvalue weighted by atomic mass is 16.5. The van der Waals surface area contributed by atoms with Crippen LogP contribution in [0.3, 0.4) is 0 Å². The molecule has 2 heterocycles. The lowest BCUT2D eigenvalue weighted by Gasteiger charge is -2.26. The summed E-state index contributed by atoms with van der Waals surface area (Å²) in [6.07, 6.45) is 0. The maximum Gasteiger partial charge on any atom is 0.270 e. The zero-order valence-corrected chi connectivity index (χ0v) is 16.2. The van der Waals surface area contributed by atoms with Gasteiger partial charge in [-0.1, -0.05) is 17.7 Å². The molecule has 0 bridgehead atoms. The summed E-state index contributed by atoms with van der Waals surface area (Å²) in [6.45, 7) is 10.7. The second-order valence-corrected chi connectivity index (χ2v) is 6.87. The van der Waals surface area contributed by atoms with Crippen LogP contribution in [-0.4, -0.2) is 60.2 Å². The molecule has 0 spiro atoms. The Morgan fingerprint density at radius 1 is 1.15 bits per heavy atom. The molecule has 0 aliphatic carbocycles. The fraction of sp³-hybridized carbons (Fsp3) is 0.450. The fourth-order valence-corrected chi connectivity index (χ4v) is 3.06. The topological polar surface area (TPSA) is 79.4 Å². The maximum atomic E-state index is 12.5. The fourth-order valence-electron chi connectivity index (χ4n) is 3.06. The Labute approximate surface area is 160 Å². The molecule has 0 saturated carbocycles. The van der Waals surface area contributed by atoms with Gasteiger partial charge in [-0.25, -0.2) is 9.97 Å². The lowest BCUT2D eigenvalue weighted by atomic mass is 10.1. The molecular formula is C20H27N5O2. The van der Waals surface area contributed by atoms with E-state index < -0.39 is 0 Å². The van der Waals surface area contributed by atoms with Crippen LogP contribution in [0.1, 0.15) is 27.3 Å². The van der Waals surface area contributed by atoms with Gasteiger partial charge in [-0.2, -0.15) is 0 Å². The molecular weight excluding hydrogens is 342 g/mol. The van der Waals surface area contributed by atoms with Crippen LogP contribution in [0.4, 0.5) is 11.6 Å². The third-order valence-corrected chi connectivity index (χ3v) is 4.53. The predicted molar refractivity (Wildman–Crippen MR) is 106 cm³/mol. The van der Waals surface area contributed by atoms with Crippen molar-refractivity contribution in [2.24, 2.45) is 0 Å². The number of rotatable bonds is 6. The molecule has 1 aliphatic heterocycles. The summed E-state index contributed by atoms with van der Waals surface area (Å²) in [5, 5.41) is 6.16. The molecule has 1 aromatic heterocycles. The molecule has 3 rings (SSSR count). The first-order valence-electron chi connectivity index (χ1n) is 9.29. The Bertz CT molecular complexity index is 803. The van der Waals surface area contributed by atoms with Crippen molar-refractivity contribution in [3.05, 3.63) is 46.8 Å². The van der Waals surface area contributed by atoms with E-state index >= 15 is 0 Å². The van der Waals surface area contributed by atoms with E-state index in [0.717, 1.165) is 49.8 Å². The standard InChI is InChI=1S/C20H27N5O2/c1-14-4-5-17(15(2)12-14)23-20-22-16(3)13-18(24-20)19(26)21-6-7-25-8-10-27-11-9-25/h4-5,12-13H,6-11H2,1-3H3,(H,21,26)(H,22,23,24). The second kappa shape index (κ2) is 8.92. The van der Waals surface area contributed by atoms with Gasteiger partial charge in [-0.15, -0.1) is 0 Å². The molecule has 0 unspecified atom stereocenters. The molecule has 7 heteroatoms. The van der Waals surface area contributed by atoms with E-state index in [1.807, 2.05) is 26.0 Å². The Balaban J connectivity index is 1.62. The average Bonchev–Trinajstić information content (AvgIpc) is 2.64. The highest BCUT2D eigenvalue weighted by molar-refractivity contribution is 5.92. The van der Waals surface area contributed by atoms with E-state index in [2.05, 4.69) is 38.5 Å². The van der Waals surface area contributed by atoms with E-state index in [1.165, 1.54) is 5.56 Å². The minimum atomic E-state index is -0.183. The summed E-state index contributed by atoms with van der Waals surface area (Å²) in [6, 6.07) is 7.83. The van der Waals surface area contributed by atoms with Gasteiger partial charge < -0.3 is 15.4 Å². The number of benzene rings is 1. The van der Waals surface area contributed by atoms with Gasteiger partial charge in [-0.05, 0) is 38.5 Å². The van der Waals surface area contributed by atoms with Gasteiger partial charge in [0, 0.05) is 37.6 Å². The number of carbonyl (C=O) groups excluding carboxylic acids is 1. The largest absolute Gasteiger partial charge is 0.379 e. The van der Waals surface area contributed by atoms with Crippen LogP contribution in [0.5, 0.6) is 0 Å². The highest BCUT2D eigenvalue weighted by Gasteiger charge is 2.13. The van der Waals surface area contributed by atoms with Gasteiger partial charge in [0.1, 0.15) is 5.69 Å². The van der Waals surface area contributed by atoms with Crippen LogP contribution in [0.15, 0.2) is 24.3 Å². The number of nitrogens with one attached hydrogen (secondary N) is 2. The molecule has 1 fully saturated rings. The van der Waals surface area contributed by atoms with Gasteiger partial charge in [0.2, 0.25) is 5.95 Å². The van der Waals surface area contributed by atoms with Crippen molar-refractivity contribution in [2.45, 2.75) is 20.8 Å². The number of hydrogen-bond acceptors (Lipinski definition) is 6. The highest BCUT2D eigenvalue weighted by Crippen LogP contribution is 2.19. The summed E-state index contributed by atoms with van der Waals surface area (Å²) in [5.41, 5.74) is 4.36. The molecule has 2 N–H and O–H groups in total. The molecule has 27 heavy (non-hydrogen) atoms. The van der Waals surface area contributed by atoms with Crippen molar-refractivity contribution in [3.63, 3.8) is 0 Å². The molecule has 0 atom stereocenters. The van der Waals surface area contributed by atoms with Crippen molar-refractivity contribution in [2.75, 3.05) is 44.7 Å². The number of anilines is 2. The molecule has 7 nitrogen and oxygen atoms in total. The normalized spacial score (nSPS) is 14.8. The van der Waals surface area contributed by atoms with Crippen molar-refractivity contribution >= 4 is 17.5 Å². The number of carbonyl (C=O) groups is 1. The summed E-state index contributed by atoms with van der Waals surface area (Å²) >= 11 is 0. The average molecular weight is 369 g/mol. The van der Waals surface area contributed by atoms with Crippen molar-refractivity contribution < 1.29 is 9.53 Å². The Kier molecular flexibility index (Phi) is 6.36. The number of aromatic nitrogens is 2. The molecule has 1 aromatic carbocycles. The SMILES string of the molecule is Cc1ccc(Nc2nc(C)cc(C(=O)NCCN3CCOCC3)n2)c(C)c1. The number of aryl methyl sites for hydroxylation is 3. The minimum Gasteiger partial charge on any atom is -0.379 e. The number of amides is 1. The number of ether oxygens (including phenoxy) is 1. The predicted octanol–water partition coefficient (Wildman–Crippen LogP) is 2.21. The van der Waals surface area contributed by atoms with Gasteiger partial charge in [-0.3, -0.25) is 9.69 Å². The van der Waals surface area contributed by atoms with E-state index in [9.17, 15) is 4.79 Å². The van der Waals surface area contributed by atoms with Crippen LogP contribution in [0.2, 0.25) is 0 Å². The van der Waals surface area contributed by atoms with Gasteiger partial charge in [0.05, 0.1) is 13.2 Å². The first-order valence-corrected chi connectivity index (χ1v) is 9.29. The van der Waals surface area contributed by atoms with Gasteiger partial charge >= 0.3 is 0 Å². The Morgan fingerprint density at radius 3 is 2.67 bits per heavy atom. The zero-order chi connectivity index (χ0) is 19.2. The number of morpholine rings is 1. The molecule has 144 valence electrons. The van der Waals surface area contributed by atoms with E-state index in [4.69, 9.17) is 4.74 Å². The summed E-state index contributed by atoms with van der Waals surface area (Å²) in [4.78, 5) is 23.6. The summed E-state index contributed by atoms with van der Waals surface area (Å²) in [5.74, 6) is 0.248. The zero-order valence-electron chi connectivity index (χ0n) is 16.2. The van der Waals surface area contributed by atoms with Crippen LogP contribution in [0, 0.1) is 20.8 Å². The second-order valence-electron chi connectivity index (χ2n) is 6.87. The van der Waals surface area contributed by atoms with Crippen LogP contribution >= 0.6 is 0 Å². The van der Waals surface area contributed by atoms with Gasteiger partial charge in [0.25, 0.3) is 5.91 Å². The number of nitrogens with zero attached hydrogens (tertiary/aromatic N) is 3. The summed E-state index contributed by atoms with van der Waals surface area (Å²) in [7, 11) is 0. The van der Waals surface area contributed by atoms with Crippen LogP contribution in [0.25, 0.3) is 0 Å². The van der Waals surface area contributed by atoms with Crippen molar-refractivity contribution in [3.8, 4) is 0 Å². The third kappa shape index (κ3) is 5.48. The van der Waals surface area contributed by atoms with Crippen molar-refractivity contribution in [1.82, 2.24) is 20.2 Å². The number of hydrogen-bond donors (Lipinski definition) is 2. The van der Waals surface area contributed by atoms with Crippen LogP contribution < -0.4 is 10.6 Å². The third-order valence-electron chi connectivity index (χ3n) is 4.53. The first kappa shape index (κ1) is 19.3. The maximum absolute atomic E-state index is 12.5. The summed E-state index contributed by atoms with van der Waals surface area (Å²) < 4.78 is 5.33. The molecule has 2 aromatic rings. The lowest BCUT2D eigenvalue weighted by Crippen LogP contribution is -2.41. The molecule has 1 aliphatic rings. The quantitative estimate of drug-likeness (QED) is 0.813.